The van der Waals surface area contributed by atoms with Gasteiger partial charge in [0.2, 0.25) is 0 Å². The number of ether oxygens (including phenoxy) is 2. The van der Waals surface area contributed by atoms with Crippen molar-refractivity contribution in [3.63, 3.8) is 0 Å². The number of methoxy groups -OCH3 is 1. The average molecular weight is 349 g/mol. The van der Waals surface area contributed by atoms with Crippen LogP contribution < -0.4 is 14.8 Å². The minimum absolute atomic E-state index is 0. The molecular weight excluding hydrogens is 323 g/mol. The van der Waals surface area contributed by atoms with E-state index < -0.39 is 0 Å². The Bertz CT molecular complexity index is 448. The number of rotatable bonds is 9. The maximum Gasteiger partial charge on any atom is 0.167 e. The summed E-state index contributed by atoms with van der Waals surface area (Å²) in [6.07, 6.45) is 6.36. The number of benzene rings is 1. The van der Waals surface area contributed by atoms with Crippen LogP contribution in [0.25, 0.3) is 0 Å². The minimum Gasteiger partial charge on any atom is -0.493 e. The third-order valence-corrected chi connectivity index (χ3v) is 2.85. The number of nitrogens with one attached hydrogen (secondary N) is 1. The van der Waals surface area contributed by atoms with E-state index in [0.29, 0.717) is 5.75 Å². The van der Waals surface area contributed by atoms with Crippen LogP contribution in [0.2, 0.25) is 0 Å². The van der Waals surface area contributed by atoms with E-state index in [9.17, 15) is 0 Å². The second-order valence-electron chi connectivity index (χ2n) is 4.77. The van der Waals surface area contributed by atoms with E-state index in [2.05, 4.69) is 30.2 Å². The standard InChI is InChI=1S/C16H24N2O2.2ClH/c1-5-12-20-16-14(8-6-9-15(16)19-4)13-17-10-7-11-18(2)3;;/h1,6,8-9,17H,7,10-13H2,2-4H3;2*1H. The molecule has 1 aromatic rings. The molecule has 0 radical (unpaired) electrons. The molecule has 0 aliphatic heterocycles. The maximum atomic E-state index is 5.59. The summed E-state index contributed by atoms with van der Waals surface area (Å²) in [5, 5.41) is 3.41. The van der Waals surface area contributed by atoms with Crippen LogP contribution in [0.4, 0.5) is 0 Å². The highest BCUT2D eigenvalue weighted by atomic mass is 35.5. The van der Waals surface area contributed by atoms with Gasteiger partial charge in [-0.2, -0.15) is 0 Å². The largest absolute Gasteiger partial charge is 0.493 e. The van der Waals surface area contributed by atoms with Crippen LogP contribution in [0.1, 0.15) is 12.0 Å². The van der Waals surface area contributed by atoms with E-state index in [1.54, 1.807) is 7.11 Å². The van der Waals surface area contributed by atoms with Gasteiger partial charge in [-0.15, -0.1) is 31.2 Å². The van der Waals surface area contributed by atoms with Crippen LogP contribution in [0.3, 0.4) is 0 Å². The molecule has 0 saturated heterocycles. The van der Waals surface area contributed by atoms with Gasteiger partial charge in [-0.1, -0.05) is 18.1 Å². The monoisotopic (exact) mass is 348 g/mol. The van der Waals surface area contributed by atoms with Gasteiger partial charge in [0, 0.05) is 12.1 Å². The quantitative estimate of drug-likeness (QED) is 0.549. The van der Waals surface area contributed by atoms with Gasteiger partial charge in [-0.05, 0) is 39.7 Å². The van der Waals surface area contributed by atoms with Gasteiger partial charge in [0.1, 0.15) is 6.61 Å². The van der Waals surface area contributed by atoms with Crippen molar-refractivity contribution < 1.29 is 9.47 Å². The summed E-state index contributed by atoms with van der Waals surface area (Å²) in [7, 11) is 5.79. The van der Waals surface area contributed by atoms with Crippen LogP contribution in [-0.2, 0) is 6.54 Å². The van der Waals surface area contributed by atoms with Crippen LogP contribution in [0.5, 0.6) is 11.5 Å². The van der Waals surface area contributed by atoms with E-state index in [1.807, 2.05) is 18.2 Å². The third kappa shape index (κ3) is 8.35. The second-order valence-corrected chi connectivity index (χ2v) is 4.77. The molecule has 1 rings (SSSR count). The van der Waals surface area contributed by atoms with Crippen molar-refractivity contribution in [2.24, 2.45) is 0 Å². The van der Waals surface area contributed by atoms with Gasteiger partial charge in [-0.25, -0.2) is 0 Å². The predicted octanol–water partition coefficient (Wildman–Crippen LogP) is 2.59. The van der Waals surface area contributed by atoms with Crippen molar-refractivity contribution in [2.45, 2.75) is 13.0 Å². The van der Waals surface area contributed by atoms with E-state index in [4.69, 9.17) is 15.9 Å². The molecule has 0 spiro atoms. The molecule has 22 heavy (non-hydrogen) atoms. The van der Waals surface area contributed by atoms with Crippen molar-refractivity contribution in [3.05, 3.63) is 23.8 Å². The Morgan fingerprint density at radius 1 is 1.27 bits per heavy atom. The van der Waals surface area contributed by atoms with Crippen molar-refractivity contribution >= 4 is 24.8 Å². The Kier molecular flexibility index (Phi) is 14.2. The lowest BCUT2D eigenvalue weighted by atomic mass is 10.2. The first-order valence-corrected chi connectivity index (χ1v) is 6.76. The molecule has 0 aliphatic carbocycles. The molecule has 1 N–H and O–H groups in total. The van der Waals surface area contributed by atoms with E-state index in [0.717, 1.165) is 37.4 Å². The molecular formula is C16H26Cl2N2O2. The molecule has 0 aromatic heterocycles. The predicted molar refractivity (Wildman–Crippen MR) is 96.7 cm³/mol. The summed E-state index contributed by atoms with van der Waals surface area (Å²) in [5.41, 5.74) is 1.06. The normalized spacial score (nSPS) is 9.41. The van der Waals surface area contributed by atoms with Gasteiger partial charge < -0.3 is 19.7 Å². The second kappa shape index (κ2) is 13.5. The Balaban J connectivity index is 0. The topological polar surface area (TPSA) is 33.7 Å². The molecule has 0 heterocycles. The van der Waals surface area contributed by atoms with Gasteiger partial charge in [-0.3, -0.25) is 0 Å². The molecule has 4 nitrogen and oxygen atoms in total. The van der Waals surface area contributed by atoms with E-state index in [1.165, 1.54) is 0 Å². The van der Waals surface area contributed by atoms with Gasteiger partial charge in [0.25, 0.3) is 0 Å². The van der Waals surface area contributed by atoms with Crippen LogP contribution in [-0.4, -0.2) is 45.8 Å². The Hall–Kier alpha value is -1.12. The van der Waals surface area contributed by atoms with Crippen molar-refractivity contribution in [1.29, 1.82) is 0 Å². The number of halogens is 2. The van der Waals surface area contributed by atoms with Crippen molar-refractivity contribution in [1.82, 2.24) is 10.2 Å². The van der Waals surface area contributed by atoms with Crippen LogP contribution in [0.15, 0.2) is 18.2 Å². The first kappa shape index (κ1) is 23.2. The molecule has 6 heteroatoms. The number of terminal acetylenes is 1. The summed E-state index contributed by atoms with van der Waals surface area (Å²) in [6, 6.07) is 5.85. The fourth-order valence-corrected chi connectivity index (χ4v) is 1.88. The molecule has 0 saturated carbocycles. The molecule has 0 unspecified atom stereocenters. The lowest BCUT2D eigenvalue weighted by molar-refractivity contribution is 0.326. The number of nitrogens with zero attached hydrogens (tertiary/aromatic N) is 1. The molecule has 1 aromatic carbocycles. The van der Waals surface area contributed by atoms with Crippen LogP contribution in [0, 0.1) is 12.3 Å². The summed E-state index contributed by atoms with van der Waals surface area (Å²) >= 11 is 0. The maximum absolute atomic E-state index is 5.59. The fraction of sp³-hybridized carbons (Fsp3) is 0.500. The summed E-state index contributed by atoms with van der Waals surface area (Å²) in [4.78, 5) is 2.18. The van der Waals surface area contributed by atoms with Gasteiger partial charge >= 0.3 is 0 Å². The van der Waals surface area contributed by atoms with Crippen molar-refractivity contribution in [3.8, 4) is 23.8 Å². The number of hydrogen-bond donors (Lipinski definition) is 1. The zero-order valence-electron chi connectivity index (χ0n) is 13.4. The zero-order valence-corrected chi connectivity index (χ0v) is 15.1. The molecule has 126 valence electrons. The number of para-hydroxylation sites is 1. The zero-order chi connectivity index (χ0) is 14.8. The van der Waals surface area contributed by atoms with E-state index in [-0.39, 0.29) is 31.4 Å². The first-order valence-electron chi connectivity index (χ1n) is 6.76. The average Bonchev–Trinajstić information content (AvgIpc) is 2.44. The smallest absolute Gasteiger partial charge is 0.167 e. The van der Waals surface area contributed by atoms with Crippen molar-refractivity contribution in [2.75, 3.05) is 40.9 Å². The van der Waals surface area contributed by atoms with Gasteiger partial charge in [0.15, 0.2) is 11.5 Å². The Labute approximate surface area is 146 Å². The highest BCUT2D eigenvalue weighted by Gasteiger charge is 2.09. The Morgan fingerprint density at radius 3 is 2.59 bits per heavy atom. The third-order valence-electron chi connectivity index (χ3n) is 2.85. The highest BCUT2D eigenvalue weighted by Crippen LogP contribution is 2.30. The van der Waals surface area contributed by atoms with E-state index >= 15 is 0 Å². The summed E-state index contributed by atoms with van der Waals surface area (Å²) in [6.45, 7) is 3.02. The highest BCUT2D eigenvalue weighted by molar-refractivity contribution is 5.85. The summed E-state index contributed by atoms with van der Waals surface area (Å²) < 4.78 is 10.9. The Morgan fingerprint density at radius 2 is 2.00 bits per heavy atom. The molecule has 0 amide bonds. The minimum atomic E-state index is 0. The van der Waals surface area contributed by atoms with Crippen LogP contribution >= 0.6 is 24.8 Å². The molecule has 0 fully saturated rings. The molecule has 0 aliphatic rings. The lowest BCUT2D eigenvalue weighted by Gasteiger charge is -2.14. The molecule has 0 bridgehead atoms. The fourth-order valence-electron chi connectivity index (χ4n) is 1.88. The number of hydrogen-bond acceptors (Lipinski definition) is 4. The SMILES string of the molecule is C#CCOc1c(CNCCCN(C)C)cccc1OC.Cl.Cl. The first-order chi connectivity index (χ1) is 9.69. The molecule has 0 atom stereocenters. The lowest BCUT2D eigenvalue weighted by Crippen LogP contribution is -2.21. The summed E-state index contributed by atoms with van der Waals surface area (Å²) in [5.74, 6) is 3.93. The van der Waals surface area contributed by atoms with Gasteiger partial charge in [0.05, 0.1) is 7.11 Å².